The minimum Gasteiger partial charge on any atom is -0.367 e. The smallest absolute Gasteiger partial charge is 0.170 e. The zero-order valence-electron chi connectivity index (χ0n) is 11.9. The minimum atomic E-state index is -0.809. The lowest BCUT2D eigenvalue weighted by molar-refractivity contribution is 0.606. The lowest BCUT2D eigenvalue weighted by Crippen LogP contribution is -2.37. The van der Waals surface area contributed by atoms with E-state index in [0.29, 0.717) is 0 Å². The number of allylic oxidation sites excluding steroid dienone is 2. The molecule has 0 bridgehead atoms. The molecule has 0 fully saturated rings. The first-order valence-electron chi connectivity index (χ1n) is 6.94. The van der Waals surface area contributed by atoms with Gasteiger partial charge in [0.2, 0.25) is 0 Å². The summed E-state index contributed by atoms with van der Waals surface area (Å²) in [6, 6.07) is 20.6. The van der Waals surface area contributed by atoms with E-state index < -0.39 is 5.54 Å². The number of dihydropyridines is 1. The molecule has 102 valence electrons. The van der Waals surface area contributed by atoms with Crippen LogP contribution in [0.1, 0.15) is 16.7 Å². The summed E-state index contributed by atoms with van der Waals surface area (Å²) in [6.45, 7) is 2.07. The first-order valence-corrected chi connectivity index (χ1v) is 6.94. The molecule has 2 nitrogen and oxygen atoms in total. The van der Waals surface area contributed by atoms with Crippen LogP contribution in [0.4, 0.5) is 0 Å². The molecule has 0 amide bonds. The first kappa shape index (κ1) is 13.2. The quantitative estimate of drug-likeness (QED) is 0.899. The van der Waals surface area contributed by atoms with Crippen LogP contribution in [0, 0.1) is 18.3 Å². The van der Waals surface area contributed by atoms with Gasteiger partial charge in [-0.2, -0.15) is 5.26 Å². The predicted octanol–water partition coefficient (Wildman–Crippen LogP) is 3.91. The summed E-state index contributed by atoms with van der Waals surface area (Å²) in [7, 11) is 0. The molecule has 1 atom stereocenters. The molecule has 1 unspecified atom stereocenters. The van der Waals surface area contributed by atoms with Crippen LogP contribution >= 0.6 is 0 Å². The molecule has 1 heterocycles. The molecule has 0 radical (unpaired) electrons. The van der Waals surface area contributed by atoms with Crippen LogP contribution in [0.15, 0.2) is 72.9 Å². The van der Waals surface area contributed by atoms with Gasteiger partial charge in [-0.05, 0) is 42.0 Å². The summed E-state index contributed by atoms with van der Waals surface area (Å²) in [5.74, 6) is 0. The standard InChI is InChI=1S/C19H16N2/c1-15-7-9-16(10-8-15)17-11-12-21-19(13-17,14-20)18-5-3-2-4-6-18/h2-13,21H,1H3. The van der Waals surface area contributed by atoms with Gasteiger partial charge in [-0.1, -0.05) is 60.2 Å². The highest BCUT2D eigenvalue weighted by atomic mass is 15.0. The van der Waals surface area contributed by atoms with Gasteiger partial charge >= 0.3 is 0 Å². The van der Waals surface area contributed by atoms with Crippen molar-refractivity contribution in [2.24, 2.45) is 0 Å². The second-order valence-corrected chi connectivity index (χ2v) is 5.23. The van der Waals surface area contributed by atoms with Gasteiger partial charge in [0.1, 0.15) is 6.07 Å². The largest absolute Gasteiger partial charge is 0.367 e. The maximum Gasteiger partial charge on any atom is 0.170 e. The Labute approximate surface area is 125 Å². The Morgan fingerprint density at radius 2 is 1.71 bits per heavy atom. The summed E-state index contributed by atoms with van der Waals surface area (Å²) in [4.78, 5) is 0. The normalized spacial score (nSPS) is 20.3. The third-order valence-electron chi connectivity index (χ3n) is 3.74. The number of hydrogen-bond donors (Lipinski definition) is 1. The Kier molecular flexibility index (Phi) is 3.33. The third-order valence-corrected chi connectivity index (χ3v) is 3.74. The monoisotopic (exact) mass is 272 g/mol. The molecule has 1 aliphatic rings. The van der Waals surface area contributed by atoms with Gasteiger partial charge in [0.15, 0.2) is 5.54 Å². The van der Waals surface area contributed by atoms with Crippen molar-refractivity contribution in [3.63, 3.8) is 0 Å². The van der Waals surface area contributed by atoms with Gasteiger partial charge in [0.05, 0.1) is 0 Å². The van der Waals surface area contributed by atoms with Crippen molar-refractivity contribution >= 4 is 5.57 Å². The van der Waals surface area contributed by atoms with Gasteiger partial charge in [-0.15, -0.1) is 0 Å². The number of aryl methyl sites for hydroxylation is 1. The molecule has 0 aromatic heterocycles. The van der Waals surface area contributed by atoms with Crippen molar-refractivity contribution in [1.82, 2.24) is 5.32 Å². The Hall–Kier alpha value is -2.79. The lowest BCUT2D eigenvalue weighted by atomic mass is 9.86. The van der Waals surface area contributed by atoms with Crippen LogP contribution in [-0.4, -0.2) is 0 Å². The van der Waals surface area contributed by atoms with E-state index in [0.717, 1.165) is 16.7 Å². The van der Waals surface area contributed by atoms with E-state index in [1.807, 2.05) is 48.7 Å². The number of nitriles is 1. The fourth-order valence-corrected chi connectivity index (χ4v) is 2.51. The van der Waals surface area contributed by atoms with E-state index in [-0.39, 0.29) is 0 Å². The van der Waals surface area contributed by atoms with E-state index in [4.69, 9.17) is 0 Å². The Morgan fingerprint density at radius 3 is 2.38 bits per heavy atom. The molecule has 2 heteroatoms. The fourth-order valence-electron chi connectivity index (χ4n) is 2.51. The number of hydrogen-bond acceptors (Lipinski definition) is 2. The number of nitrogens with one attached hydrogen (secondary N) is 1. The highest BCUT2D eigenvalue weighted by molar-refractivity contribution is 5.77. The Bertz CT molecular complexity index is 733. The average molecular weight is 272 g/mol. The van der Waals surface area contributed by atoms with Gasteiger partial charge in [-0.25, -0.2) is 0 Å². The number of rotatable bonds is 2. The van der Waals surface area contributed by atoms with Gasteiger partial charge in [0, 0.05) is 0 Å². The summed E-state index contributed by atoms with van der Waals surface area (Å²) >= 11 is 0. The highest BCUT2D eigenvalue weighted by Crippen LogP contribution is 2.30. The summed E-state index contributed by atoms with van der Waals surface area (Å²) in [5, 5.41) is 12.9. The predicted molar refractivity (Wildman–Crippen MR) is 85.2 cm³/mol. The lowest BCUT2D eigenvalue weighted by Gasteiger charge is -2.28. The van der Waals surface area contributed by atoms with Crippen molar-refractivity contribution in [2.45, 2.75) is 12.5 Å². The fraction of sp³-hybridized carbons (Fsp3) is 0.105. The molecule has 0 saturated heterocycles. The van der Waals surface area contributed by atoms with Crippen LogP contribution < -0.4 is 5.32 Å². The molecular weight excluding hydrogens is 256 g/mol. The highest BCUT2D eigenvalue weighted by Gasteiger charge is 2.30. The molecule has 1 aliphatic heterocycles. The summed E-state index contributed by atoms with van der Waals surface area (Å²) in [5.41, 5.74) is 3.54. The van der Waals surface area contributed by atoms with E-state index in [9.17, 15) is 5.26 Å². The van der Waals surface area contributed by atoms with Crippen molar-refractivity contribution < 1.29 is 0 Å². The molecule has 21 heavy (non-hydrogen) atoms. The zero-order chi connectivity index (χ0) is 14.7. The van der Waals surface area contributed by atoms with Crippen LogP contribution in [0.5, 0.6) is 0 Å². The van der Waals surface area contributed by atoms with Gasteiger partial charge in [0.25, 0.3) is 0 Å². The van der Waals surface area contributed by atoms with Crippen molar-refractivity contribution in [3.8, 4) is 6.07 Å². The van der Waals surface area contributed by atoms with E-state index in [2.05, 4.69) is 42.6 Å². The number of nitrogens with zero attached hydrogens (tertiary/aromatic N) is 1. The summed E-state index contributed by atoms with van der Waals surface area (Å²) in [6.07, 6.45) is 5.85. The Balaban J connectivity index is 2.07. The van der Waals surface area contributed by atoms with Gasteiger partial charge < -0.3 is 5.32 Å². The molecule has 0 saturated carbocycles. The summed E-state index contributed by atoms with van der Waals surface area (Å²) < 4.78 is 0. The molecule has 1 N–H and O–H groups in total. The molecule has 0 aliphatic carbocycles. The van der Waals surface area contributed by atoms with Crippen LogP contribution in [0.25, 0.3) is 5.57 Å². The minimum absolute atomic E-state index is 0.809. The third kappa shape index (κ3) is 2.46. The molecule has 0 spiro atoms. The average Bonchev–Trinajstić information content (AvgIpc) is 2.56. The van der Waals surface area contributed by atoms with E-state index >= 15 is 0 Å². The van der Waals surface area contributed by atoms with Crippen LogP contribution in [-0.2, 0) is 5.54 Å². The van der Waals surface area contributed by atoms with E-state index in [1.165, 1.54) is 5.56 Å². The van der Waals surface area contributed by atoms with Crippen molar-refractivity contribution in [1.29, 1.82) is 5.26 Å². The maximum atomic E-state index is 9.71. The second kappa shape index (κ2) is 5.30. The Morgan fingerprint density at radius 1 is 1.00 bits per heavy atom. The molecule has 3 rings (SSSR count). The zero-order valence-corrected chi connectivity index (χ0v) is 11.9. The van der Waals surface area contributed by atoms with Crippen molar-refractivity contribution in [2.75, 3.05) is 0 Å². The van der Waals surface area contributed by atoms with Crippen LogP contribution in [0.3, 0.4) is 0 Å². The molecular formula is C19H16N2. The maximum absolute atomic E-state index is 9.71. The SMILES string of the molecule is Cc1ccc(C2=CC(C#N)(c3ccccc3)NC=C2)cc1. The number of benzene rings is 2. The van der Waals surface area contributed by atoms with E-state index in [1.54, 1.807) is 0 Å². The molecule has 2 aromatic rings. The topological polar surface area (TPSA) is 35.8 Å². The second-order valence-electron chi connectivity index (χ2n) is 5.23. The molecule has 2 aromatic carbocycles. The van der Waals surface area contributed by atoms with Gasteiger partial charge in [-0.3, -0.25) is 0 Å². The van der Waals surface area contributed by atoms with Crippen LogP contribution in [0.2, 0.25) is 0 Å². The first-order chi connectivity index (χ1) is 10.2. The van der Waals surface area contributed by atoms with Crippen molar-refractivity contribution in [3.05, 3.63) is 89.6 Å².